The smallest absolute Gasteiger partial charge is 0.137 e. The van der Waals surface area contributed by atoms with Crippen molar-refractivity contribution in [1.29, 1.82) is 0 Å². The minimum atomic E-state index is -0.681. The highest BCUT2D eigenvalue weighted by Gasteiger charge is 2.21. The van der Waals surface area contributed by atoms with Crippen LogP contribution >= 0.6 is 0 Å². The van der Waals surface area contributed by atoms with Crippen LogP contribution in [0.3, 0.4) is 0 Å². The number of ether oxygens (including phenoxy) is 1. The van der Waals surface area contributed by atoms with Crippen LogP contribution in [0, 0.1) is 0 Å². The van der Waals surface area contributed by atoms with E-state index in [4.69, 9.17) is 12.6 Å². The van der Waals surface area contributed by atoms with Crippen LogP contribution in [0.4, 0.5) is 0 Å². The molecule has 0 spiro atoms. The SMILES string of the molecule is CC.[B]C1(C)C=Cc2c(ccc3c2=CCCC=3)O1. The van der Waals surface area contributed by atoms with Gasteiger partial charge in [0, 0.05) is 5.56 Å². The molecule has 1 aromatic carbocycles. The normalized spacial score (nSPS) is 23.3. The first-order chi connectivity index (χ1) is 8.66. The zero-order valence-corrected chi connectivity index (χ0v) is 11.4. The summed E-state index contributed by atoms with van der Waals surface area (Å²) in [7, 11) is 5.94. The molecule has 1 heterocycles. The summed E-state index contributed by atoms with van der Waals surface area (Å²) >= 11 is 0. The Bertz CT molecular complexity index is 582. The molecule has 0 saturated heterocycles. The van der Waals surface area contributed by atoms with E-state index in [0.717, 1.165) is 24.2 Å². The second kappa shape index (κ2) is 5.05. The average molecular weight is 238 g/mol. The summed E-state index contributed by atoms with van der Waals surface area (Å²) < 4.78 is 5.74. The molecule has 1 nitrogen and oxygen atoms in total. The quantitative estimate of drug-likeness (QED) is 0.630. The summed E-state index contributed by atoms with van der Waals surface area (Å²) in [5.41, 5.74) is 0.482. The molecule has 1 aromatic rings. The highest BCUT2D eigenvalue weighted by atomic mass is 16.5. The molecular weight excluding hydrogens is 219 g/mol. The summed E-state index contributed by atoms with van der Waals surface area (Å²) in [6, 6.07) is 4.12. The molecule has 18 heavy (non-hydrogen) atoms. The van der Waals surface area contributed by atoms with E-state index in [9.17, 15) is 0 Å². The van der Waals surface area contributed by atoms with E-state index in [1.165, 1.54) is 10.4 Å². The van der Waals surface area contributed by atoms with Crippen molar-refractivity contribution in [3.05, 3.63) is 34.2 Å². The topological polar surface area (TPSA) is 9.23 Å². The van der Waals surface area contributed by atoms with Crippen LogP contribution in [0.5, 0.6) is 5.75 Å². The van der Waals surface area contributed by atoms with Crippen LogP contribution in [-0.2, 0) is 0 Å². The van der Waals surface area contributed by atoms with Crippen molar-refractivity contribution in [2.24, 2.45) is 0 Å². The third-order valence-corrected chi connectivity index (χ3v) is 3.07. The first-order valence-corrected chi connectivity index (χ1v) is 6.66. The summed E-state index contributed by atoms with van der Waals surface area (Å²) in [6.07, 6.45) is 10.8. The van der Waals surface area contributed by atoms with E-state index in [1.54, 1.807) is 0 Å². The van der Waals surface area contributed by atoms with Gasteiger partial charge in [0.25, 0.3) is 0 Å². The van der Waals surface area contributed by atoms with Crippen molar-refractivity contribution in [2.75, 3.05) is 0 Å². The molecule has 1 atom stereocenters. The summed E-state index contributed by atoms with van der Waals surface area (Å²) in [5.74, 6) is 0.887. The first-order valence-electron chi connectivity index (χ1n) is 6.66. The monoisotopic (exact) mass is 238 g/mol. The Morgan fingerprint density at radius 3 is 2.67 bits per heavy atom. The molecule has 2 aliphatic rings. The van der Waals surface area contributed by atoms with E-state index in [1.807, 2.05) is 32.9 Å². The van der Waals surface area contributed by atoms with Gasteiger partial charge in [0.2, 0.25) is 0 Å². The van der Waals surface area contributed by atoms with Gasteiger partial charge in [0.1, 0.15) is 13.6 Å². The minimum absolute atomic E-state index is 0.681. The Morgan fingerprint density at radius 2 is 1.89 bits per heavy atom. The van der Waals surface area contributed by atoms with Crippen LogP contribution in [0.25, 0.3) is 18.2 Å². The fourth-order valence-electron chi connectivity index (χ4n) is 2.29. The second-order valence-corrected chi connectivity index (χ2v) is 4.59. The van der Waals surface area contributed by atoms with Crippen molar-refractivity contribution < 1.29 is 4.74 Å². The number of benzene rings is 1. The Kier molecular flexibility index (Phi) is 3.65. The Labute approximate surface area is 110 Å². The molecule has 92 valence electrons. The van der Waals surface area contributed by atoms with Crippen molar-refractivity contribution in [3.8, 4) is 5.75 Å². The van der Waals surface area contributed by atoms with Crippen LogP contribution in [-0.4, -0.2) is 13.3 Å². The lowest BCUT2D eigenvalue weighted by Crippen LogP contribution is -2.36. The second-order valence-electron chi connectivity index (χ2n) is 4.59. The maximum atomic E-state index is 5.94. The number of fused-ring (bicyclic) bond motifs is 3. The Morgan fingerprint density at radius 1 is 1.17 bits per heavy atom. The van der Waals surface area contributed by atoms with Crippen LogP contribution < -0.4 is 15.2 Å². The van der Waals surface area contributed by atoms with Crippen LogP contribution in [0.15, 0.2) is 18.2 Å². The molecule has 1 unspecified atom stereocenters. The van der Waals surface area contributed by atoms with Gasteiger partial charge in [0.15, 0.2) is 0 Å². The molecule has 1 aliphatic carbocycles. The minimum Gasteiger partial charge on any atom is -0.493 e. The lowest BCUT2D eigenvalue weighted by Gasteiger charge is -2.29. The number of hydrogen-bond donors (Lipinski definition) is 0. The van der Waals surface area contributed by atoms with Gasteiger partial charge < -0.3 is 4.74 Å². The predicted octanol–water partition coefficient (Wildman–Crippen LogP) is 2.36. The van der Waals surface area contributed by atoms with Crippen molar-refractivity contribution >= 4 is 26.1 Å². The fraction of sp³-hybridized carbons (Fsp3) is 0.375. The zero-order chi connectivity index (χ0) is 13.2. The largest absolute Gasteiger partial charge is 0.493 e. The molecular formula is C16H19BO. The van der Waals surface area contributed by atoms with Gasteiger partial charge in [0.05, 0.1) is 5.50 Å². The average Bonchev–Trinajstić information content (AvgIpc) is 2.39. The van der Waals surface area contributed by atoms with Crippen LogP contribution in [0.2, 0.25) is 0 Å². The molecule has 3 rings (SSSR count). The highest BCUT2D eigenvalue weighted by molar-refractivity contribution is 6.16. The summed E-state index contributed by atoms with van der Waals surface area (Å²) in [6.45, 7) is 5.86. The van der Waals surface area contributed by atoms with E-state index in [2.05, 4.69) is 24.3 Å². The van der Waals surface area contributed by atoms with Gasteiger partial charge in [-0.15, -0.1) is 0 Å². The van der Waals surface area contributed by atoms with E-state index < -0.39 is 5.50 Å². The van der Waals surface area contributed by atoms with E-state index in [0.29, 0.717) is 0 Å². The third kappa shape index (κ3) is 2.38. The molecule has 0 aromatic heterocycles. The first kappa shape index (κ1) is 13.0. The molecule has 0 amide bonds. The maximum Gasteiger partial charge on any atom is 0.137 e. The molecule has 0 N–H and O–H groups in total. The maximum absolute atomic E-state index is 5.94. The van der Waals surface area contributed by atoms with E-state index in [-0.39, 0.29) is 0 Å². The van der Waals surface area contributed by atoms with Crippen molar-refractivity contribution in [2.45, 2.75) is 39.1 Å². The van der Waals surface area contributed by atoms with Gasteiger partial charge >= 0.3 is 0 Å². The van der Waals surface area contributed by atoms with Gasteiger partial charge in [-0.3, -0.25) is 0 Å². The standard InChI is InChI=1S/C14H13BO.C2H6/c1-14(15)9-8-12-11-5-3-2-4-10(11)6-7-13(12)16-14;1-2/h4-9H,2-3H2,1H3;1-2H3. The van der Waals surface area contributed by atoms with Gasteiger partial charge in [-0.2, -0.15) is 0 Å². The molecule has 1 aliphatic heterocycles. The molecule has 0 bridgehead atoms. The Hall–Kier alpha value is -1.44. The summed E-state index contributed by atoms with van der Waals surface area (Å²) in [5, 5.41) is 2.59. The molecule has 2 heteroatoms. The van der Waals surface area contributed by atoms with Gasteiger partial charge in [-0.05, 0) is 36.3 Å². The van der Waals surface area contributed by atoms with Gasteiger partial charge in [-0.25, -0.2) is 0 Å². The van der Waals surface area contributed by atoms with Crippen LogP contribution in [0.1, 0.15) is 39.2 Å². The van der Waals surface area contributed by atoms with E-state index >= 15 is 0 Å². The predicted molar refractivity (Wildman–Crippen MR) is 79.0 cm³/mol. The highest BCUT2D eigenvalue weighted by Crippen LogP contribution is 2.26. The number of rotatable bonds is 0. The molecule has 0 saturated carbocycles. The lowest BCUT2D eigenvalue weighted by atomic mass is 9.81. The third-order valence-electron chi connectivity index (χ3n) is 3.07. The molecule has 0 fully saturated rings. The van der Waals surface area contributed by atoms with Gasteiger partial charge in [-0.1, -0.05) is 44.2 Å². The Balaban J connectivity index is 0.000000574. The zero-order valence-electron chi connectivity index (χ0n) is 11.4. The summed E-state index contributed by atoms with van der Waals surface area (Å²) in [4.78, 5) is 0. The fourth-order valence-corrected chi connectivity index (χ4v) is 2.29. The molecule has 2 radical (unpaired) electrons. The lowest BCUT2D eigenvalue weighted by molar-refractivity contribution is 0.224. The van der Waals surface area contributed by atoms with Crippen molar-refractivity contribution in [3.63, 3.8) is 0 Å². The number of hydrogen-bond acceptors (Lipinski definition) is 1. The van der Waals surface area contributed by atoms with Crippen molar-refractivity contribution in [1.82, 2.24) is 0 Å².